The number of hydrogen-bond acceptors (Lipinski definition) is 3. The van der Waals surface area contributed by atoms with E-state index in [1.54, 1.807) is 12.5 Å². The Morgan fingerprint density at radius 3 is 3.00 bits per heavy atom. The Hall–Kier alpha value is -1.81. The highest BCUT2D eigenvalue weighted by Gasteiger charge is 2.16. The fraction of sp³-hybridized carbons (Fsp3) is 0.333. The van der Waals surface area contributed by atoms with Gasteiger partial charge in [0.05, 0.1) is 12.1 Å². The fourth-order valence-corrected chi connectivity index (χ4v) is 2.66. The summed E-state index contributed by atoms with van der Waals surface area (Å²) in [5, 5.41) is 0. The van der Waals surface area contributed by atoms with E-state index in [9.17, 15) is 0 Å². The number of alkyl halides is 1. The van der Waals surface area contributed by atoms with Crippen LogP contribution in [0.1, 0.15) is 31.0 Å². The second kappa shape index (κ2) is 5.67. The van der Waals surface area contributed by atoms with Gasteiger partial charge in [-0.15, -0.1) is 11.6 Å². The second-order valence-electron chi connectivity index (χ2n) is 4.84. The van der Waals surface area contributed by atoms with E-state index in [0.29, 0.717) is 5.88 Å². The van der Waals surface area contributed by atoms with E-state index < -0.39 is 0 Å². The normalized spacial score (nSPS) is 12.9. The summed E-state index contributed by atoms with van der Waals surface area (Å²) in [7, 11) is 0. The van der Waals surface area contributed by atoms with Crippen molar-refractivity contribution in [1.29, 1.82) is 0 Å². The zero-order valence-corrected chi connectivity index (χ0v) is 12.0. The molecule has 0 aromatic carbocycles. The third kappa shape index (κ3) is 2.43. The lowest BCUT2D eigenvalue weighted by atomic mass is 10.1. The molecule has 3 aromatic rings. The first-order valence-electron chi connectivity index (χ1n) is 6.69. The van der Waals surface area contributed by atoms with Gasteiger partial charge in [-0.2, -0.15) is 0 Å². The van der Waals surface area contributed by atoms with Gasteiger partial charge in [-0.05, 0) is 37.6 Å². The standard InChI is InChI=1S/C15H16ClN3O/c1-11(6-7-12-4-3-9-20-12)19-14(10-16)18-13-5-2-8-17-15(13)19/h2-5,8-9,11H,6-7,10H2,1H3. The number of rotatable bonds is 5. The van der Waals surface area contributed by atoms with Crippen LogP contribution in [-0.2, 0) is 12.3 Å². The number of halogens is 1. The second-order valence-corrected chi connectivity index (χ2v) is 5.11. The molecule has 0 saturated heterocycles. The van der Waals surface area contributed by atoms with Gasteiger partial charge in [-0.25, -0.2) is 9.97 Å². The molecule has 0 amide bonds. The topological polar surface area (TPSA) is 43.9 Å². The van der Waals surface area contributed by atoms with Gasteiger partial charge in [0.1, 0.15) is 17.1 Å². The van der Waals surface area contributed by atoms with Crippen molar-refractivity contribution in [1.82, 2.24) is 14.5 Å². The van der Waals surface area contributed by atoms with Crippen molar-refractivity contribution in [3.05, 3.63) is 48.3 Å². The fourth-order valence-electron chi connectivity index (χ4n) is 2.47. The Kier molecular flexibility index (Phi) is 3.74. The molecule has 5 heteroatoms. The SMILES string of the molecule is CC(CCc1ccco1)n1c(CCl)nc2cccnc21. The van der Waals surface area contributed by atoms with Crippen LogP contribution in [0, 0.1) is 0 Å². The molecule has 0 aliphatic rings. The monoisotopic (exact) mass is 289 g/mol. The van der Waals surface area contributed by atoms with Crippen molar-refractivity contribution in [2.24, 2.45) is 0 Å². The molecule has 0 fully saturated rings. The summed E-state index contributed by atoms with van der Waals surface area (Å²) in [5.41, 5.74) is 1.79. The first-order valence-corrected chi connectivity index (χ1v) is 7.23. The average molecular weight is 290 g/mol. The van der Waals surface area contributed by atoms with Crippen LogP contribution < -0.4 is 0 Å². The van der Waals surface area contributed by atoms with E-state index in [4.69, 9.17) is 16.0 Å². The lowest BCUT2D eigenvalue weighted by Crippen LogP contribution is -2.10. The molecule has 0 N–H and O–H groups in total. The van der Waals surface area contributed by atoms with Crippen molar-refractivity contribution >= 4 is 22.8 Å². The maximum absolute atomic E-state index is 6.02. The Bertz CT molecular complexity index is 690. The maximum Gasteiger partial charge on any atom is 0.160 e. The molecule has 0 aliphatic carbocycles. The number of imidazole rings is 1. The van der Waals surface area contributed by atoms with Crippen LogP contribution in [0.3, 0.4) is 0 Å². The Morgan fingerprint density at radius 2 is 2.25 bits per heavy atom. The molecule has 0 aliphatic heterocycles. The number of hydrogen-bond donors (Lipinski definition) is 0. The van der Waals surface area contributed by atoms with Crippen LogP contribution in [-0.4, -0.2) is 14.5 Å². The number of fused-ring (bicyclic) bond motifs is 1. The van der Waals surface area contributed by atoms with Crippen LogP contribution in [0.2, 0.25) is 0 Å². The predicted molar refractivity (Wildman–Crippen MR) is 78.8 cm³/mol. The largest absolute Gasteiger partial charge is 0.469 e. The first-order chi connectivity index (χ1) is 9.79. The molecule has 0 spiro atoms. The highest BCUT2D eigenvalue weighted by Crippen LogP contribution is 2.23. The van der Waals surface area contributed by atoms with E-state index in [1.165, 1.54) is 0 Å². The summed E-state index contributed by atoms with van der Waals surface area (Å²) >= 11 is 6.02. The summed E-state index contributed by atoms with van der Waals surface area (Å²) in [6.45, 7) is 2.16. The molecule has 104 valence electrons. The third-order valence-corrected chi connectivity index (χ3v) is 3.71. The lowest BCUT2D eigenvalue weighted by Gasteiger charge is -2.15. The van der Waals surface area contributed by atoms with Gasteiger partial charge in [0.2, 0.25) is 0 Å². The van der Waals surface area contributed by atoms with Crippen LogP contribution in [0.4, 0.5) is 0 Å². The van der Waals surface area contributed by atoms with Crippen LogP contribution in [0.15, 0.2) is 41.1 Å². The van der Waals surface area contributed by atoms with Gasteiger partial charge in [0.15, 0.2) is 5.65 Å². The summed E-state index contributed by atoms with van der Waals surface area (Å²) < 4.78 is 7.51. The predicted octanol–water partition coefficient (Wildman–Crippen LogP) is 3.96. The van der Waals surface area contributed by atoms with E-state index in [2.05, 4.69) is 21.5 Å². The summed E-state index contributed by atoms with van der Waals surface area (Å²) in [6.07, 6.45) is 5.35. The van der Waals surface area contributed by atoms with Gasteiger partial charge < -0.3 is 8.98 Å². The van der Waals surface area contributed by atoms with E-state index >= 15 is 0 Å². The minimum atomic E-state index is 0.272. The van der Waals surface area contributed by atoms with Crippen molar-refractivity contribution in [2.45, 2.75) is 31.7 Å². The van der Waals surface area contributed by atoms with Crippen LogP contribution in [0.25, 0.3) is 11.2 Å². The third-order valence-electron chi connectivity index (χ3n) is 3.47. The van der Waals surface area contributed by atoms with Crippen molar-refractivity contribution in [2.75, 3.05) is 0 Å². The quantitative estimate of drug-likeness (QED) is 0.668. The Balaban J connectivity index is 1.88. The minimum Gasteiger partial charge on any atom is -0.469 e. The molecule has 4 nitrogen and oxygen atoms in total. The van der Waals surface area contributed by atoms with Crippen LogP contribution >= 0.6 is 11.6 Å². The summed E-state index contributed by atoms with van der Waals surface area (Å²) in [6, 6.07) is 8.05. The number of aryl methyl sites for hydroxylation is 1. The molecule has 20 heavy (non-hydrogen) atoms. The van der Waals surface area contributed by atoms with Crippen molar-refractivity contribution in [3.63, 3.8) is 0 Å². The Labute approximate surface area is 122 Å². The zero-order chi connectivity index (χ0) is 13.9. The number of nitrogens with zero attached hydrogens (tertiary/aromatic N) is 3. The lowest BCUT2D eigenvalue weighted by molar-refractivity contribution is 0.451. The first kappa shape index (κ1) is 13.2. The zero-order valence-electron chi connectivity index (χ0n) is 11.3. The van der Waals surface area contributed by atoms with Gasteiger partial charge in [0.25, 0.3) is 0 Å². The summed E-state index contributed by atoms with van der Waals surface area (Å²) in [4.78, 5) is 8.98. The van der Waals surface area contributed by atoms with E-state index in [0.717, 1.165) is 35.6 Å². The van der Waals surface area contributed by atoms with Crippen LogP contribution in [0.5, 0.6) is 0 Å². The highest BCUT2D eigenvalue weighted by atomic mass is 35.5. The number of pyridine rings is 1. The number of aromatic nitrogens is 3. The van der Waals surface area contributed by atoms with Gasteiger partial charge in [-0.3, -0.25) is 0 Å². The molecular formula is C15H16ClN3O. The van der Waals surface area contributed by atoms with Crippen molar-refractivity contribution in [3.8, 4) is 0 Å². The highest BCUT2D eigenvalue weighted by molar-refractivity contribution is 6.16. The molecule has 0 bridgehead atoms. The minimum absolute atomic E-state index is 0.272. The maximum atomic E-state index is 6.02. The Morgan fingerprint density at radius 1 is 1.35 bits per heavy atom. The summed E-state index contributed by atoms with van der Waals surface area (Å²) in [5.74, 6) is 2.26. The van der Waals surface area contributed by atoms with Crippen molar-refractivity contribution < 1.29 is 4.42 Å². The van der Waals surface area contributed by atoms with E-state index in [-0.39, 0.29) is 6.04 Å². The van der Waals surface area contributed by atoms with Gasteiger partial charge in [-0.1, -0.05) is 0 Å². The number of furan rings is 1. The molecular weight excluding hydrogens is 274 g/mol. The molecule has 1 atom stereocenters. The molecule has 3 aromatic heterocycles. The molecule has 0 saturated carbocycles. The molecule has 0 radical (unpaired) electrons. The van der Waals surface area contributed by atoms with E-state index in [1.807, 2.05) is 24.3 Å². The van der Waals surface area contributed by atoms with Gasteiger partial charge >= 0.3 is 0 Å². The smallest absolute Gasteiger partial charge is 0.160 e. The molecule has 3 heterocycles. The molecule has 1 unspecified atom stereocenters. The average Bonchev–Trinajstić information content (AvgIpc) is 3.11. The molecule has 3 rings (SSSR count). The van der Waals surface area contributed by atoms with Gasteiger partial charge in [0, 0.05) is 18.7 Å².